The topological polar surface area (TPSA) is 47.4 Å². The van der Waals surface area contributed by atoms with Crippen LogP contribution in [0.4, 0.5) is 0 Å². The van der Waals surface area contributed by atoms with Gasteiger partial charge in [-0.1, -0.05) is 28.1 Å². The maximum atomic E-state index is 12.8. The van der Waals surface area contributed by atoms with Gasteiger partial charge in [0.15, 0.2) is 0 Å². The molecule has 1 aromatic heterocycles. The van der Waals surface area contributed by atoms with Gasteiger partial charge in [-0.25, -0.2) is 0 Å². The normalized spacial score (nSPS) is 10.7. The third kappa shape index (κ3) is 4.99. The maximum Gasteiger partial charge on any atom is 0.253 e. The third-order valence-electron chi connectivity index (χ3n) is 4.14. The van der Waals surface area contributed by atoms with Gasteiger partial charge in [0.1, 0.15) is 12.4 Å². The highest BCUT2D eigenvalue weighted by molar-refractivity contribution is 9.10. The number of aromatic nitrogens is 2. The Labute approximate surface area is 175 Å². The van der Waals surface area contributed by atoms with Gasteiger partial charge in [-0.3, -0.25) is 9.48 Å². The van der Waals surface area contributed by atoms with E-state index in [4.69, 9.17) is 4.74 Å². The van der Waals surface area contributed by atoms with Crippen LogP contribution in [-0.4, -0.2) is 27.6 Å². The van der Waals surface area contributed by atoms with E-state index in [1.54, 1.807) is 22.8 Å². The quantitative estimate of drug-likeness (QED) is 0.496. The molecule has 0 saturated heterocycles. The molecule has 0 saturated carbocycles. The number of rotatable bonds is 6. The molecule has 0 aliphatic carbocycles. The van der Waals surface area contributed by atoms with Crippen LogP contribution >= 0.6 is 31.9 Å². The van der Waals surface area contributed by atoms with E-state index in [0.29, 0.717) is 18.7 Å². The monoisotopic (exact) mass is 491 g/mol. The van der Waals surface area contributed by atoms with Gasteiger partial charge in [0.2, 0.25) is 0 Å². The maximum absolute atomic E-state index is 12.8. The lowest BCUT2D eigenvalue weighted by Crippen LogP contribution is -2.27. The Balaban J connectivity index is 1.66. The molecule has 0 fully saturated rings. The van der Waals surface area contributed by atoms with Crippen LogP contribution in [0.15, 0.2) is 63.7 Å². The number of nitrogens with zero attached hydrogens (tertiary/aromatic N) is 3. The fourth-order valence-corrected chi connectivity index (χ4v) is 3.36. The van der Waals surface area contributed by atoms with Gasteiger partial charge in [0.05, 0.1) is 22.9 Å². The lowest BCUT2D eigenvalue weighted by atomic mass is 10.1. The summed E-state index contributed by atoms with van der Waals surface area (Å²) in [6.07, 6.45) is 1.73. The first-order valence-electron chi connectivity index (χ1n) is 8.33. The van der Waals surface area contributed by atoms with E-state index >= 15 is 0 Å². The molecular formula is C20H19Br2N3O2. The summed E-state index contributed by atoms with van der Waals surface area (Å²) >= 11 is 6.87. The molecule has 5 nitrogen and oxygen atoms in total. The molecule has 140 valence electrons. The molecular weight excluding hydrogens is 474 g/mol. The molecule has 1 amide bonds. The average Bonchev–Trinajstić information content (AvgIpc) is 2.99. The lowest BCUT2D eigenvalue weighted by molar-refractivity contribution is 0.0781. The molecule has 0 atom stereocenters. The highest BCUT2D eigenvalue weighted by Crippen LogP contribution is 2.19. The molecule has 1 heterocycles. The third-order valence-corrected chi connectivity index (χ3v) is 5.33. The van der Waals surface area contributed by atoms with Crippen LogP contribution in [0.3, 0.4) is 0 Å². The van der Waals surface area contributed by atoms with Crippen LogP contribution in [0.5, 0.6) is 5.75 Å². The number of amides is 1. The Morgan fingerprint density at radius 3 is 2.59 bits per heavy atom. The van der Waals surface area contributed by atoms with Gasteiger partial charge in [-0.2, -0.15) is 5.10 Å². The molecule has 0 unspecified atom stereocenters. The van der Waals surface area contributed by atoms with Crippen molar-refractivity contribution in [1.82, 2.24) is 14.7 Å². The van der Waals surface area contributed by atoms with Gasteiger partial charge in [-0.05, 0) is 57.9 Å². The van der Waals surface area contributed by atoms with E-state index in [1.165, 1.54) is 0 Å². The number of hydrogen-bond donors (Lipinski definition) is 0. The Bertz CT molecular complexity index is 919. The van der Waals surface area contributed by atoms with Gasteiger partial charge >= 0.3 is 0 Å². The van der Waals surface area contributed by atoms with Crippen molar-refractivity contribution >= 4 is 37.8 Å². The number of hydrogen-bond acceptors (Lipinski definition) is 3. The first-order chi connectivity index (χ1) is 12.9. The number of halogens is 2. The number of carbonyl (C=O) groups excluding carboxylic acids is 1. The zero-order valence-electron chi connectivity index (χ0n) is 15.0. The van der Waals surface area contributed by atoms with Crippen molar-refractivity contribution in [2.24, 2.45) is 7.05 Å². The number of aryl methyl sites for hydroxylation is 1. The molecule has 2 aromatic carbocycles. The van der Waals surface area contributed by atoms with E-state index < -0.39 is 0 Å². The Morgan fingerprint density at radius 1 is 1.19 bits per heavy atom. The first kappa shape index (κ1) is 19.6. The molecule has 27 heavy (non-hydrogen) atoms. The number of carbonyl (C=O) groups is 1. The van der Waals surface area contributed by atoms with Crippen molar-refractivity contribution in [3.63, 3.8) is 0 Å². The minimum absolute atomic E-state index is 0.0476. The van der Waals surface area contributed by atoms with Crippen molar-refractivity contribution in [3.05, 3.63) is 80.5 Å². The van der Waals surface area contributed by atoms with Crippen molar-refractivity contribution < 1.29 is 9.53 Å². The van der Waals surface area contributed by atoms with Crippen LogP contribution in [0, 0.1) is 0 Å². The summed E-state index contributed by atoms with van der Waals surface area (Å²) in [7, 11) is 3.64. The smallest absolute Gasteiger partial charge is 0.253 e. The van der Waals surface area contributed by atoms with Crippen molar-refractivity contribution in [3.8, 4) is 5.75 Å². The lowest BCUT2D eigenvalue weighted by Gasteiger charge is -2.18. The van der Waals surface area contributed by atoms with Crippen molar-refractivity contribution in [1.29, 1.82) is 0 Å². The molecule has 3 rings (SSSR count). The molecule has 0 radical (unpaired) electrons. The summed E-state index contributed by atoms with van der Waals surface area (Å²) in [6, 6.07) is 15.2. The highest BCUT2D eigenvalue weighted by Gasteiger charge is 2.16. The van der Waals surface area contributed by atoms with E-state index in [-0.39, 0.29) is 5.91 Å². The van der Waals surface area contributed by atoms with Gasteiger partial charge < -0.3 is 9.64 Å². The van der Waals surface area contributed by atoms with Gasteiger partial charge in [0, 0.05) is 24.1 Å². The van der Waals surface area contributed by atoms with Crippen LogP contribution in [-0.2, 0) is 20.2 Å². The zero-order valence-corrected chi connectivity index (χ0v) is 18.2. The fraction of sp³-hybridized carbons (Fsp3) is 0.200. The second-order valence-corrected chi connectivity index (χ2v) is 7.94. The van der Waals surface area contributed by atoms with Crippen molar-refractivity contribution in [2.45, 2.75) is 13.2 Å². The second-order valence-electron chi connectivity index (χ2n) is 6.17. The zero-order chi connectivity index (χ0) is 19.4. The van der Waals surface area contributed by atoms with Crippen LogP contribution in [0.25, 0.3) is 0 Å². The Hall–Kier alpha value is -2.12. The average molecular weight is 493 g/mol. The molecule has 0 aliphatic rings. The van der Waals surface area contributed by atoms with E-state index in [1.807, 2.05) is 55.6 Å². The Morgan fingerprint density at radius 2 is 1.93 bits per heavy atom. The SMILES string of the molecule is CN(Cc1c(Br)cnn1C)C(=O)c1cccc(COc2ccc(Br)cc2)c1. The standard InChI is InChI=1S/C20H19Br2N3O2/c1-24(12-19-18(22)11-23-25(19)2)20(26)15-5-3-4-14(10-15)13-27-17-8-6-16(21)7-9-17/h3-11H,12-13H2,1-2H3. The summed E-state index contributed by atoms with van der Waals surface area (Å²) in [6.45, 7) is 0.870. The minimum atomic E-state index is -0.0476. The largest absolute Gasteiger partial charge is 0.489 e. The van der Waals surface area contributed by atoms with E-state index in [9.17, 15) is 4.79 Å². The van der Waals surface area contributed by atoms with E-state index in [0.717, 1.165) is 26.0 Å². The van der Waals surface area contributed by atoms with Gasteiger partial charge in [0.25, 0.3) is 5.91 Å². The molecule has 3 aromatic rings. The number of benzene rings is 2. The summed E-state index contributed by atoms with van der Waals surface area (Å²) in [5.74, 6) is 0.738. The molecule has 0 bridgehead atoms. The predicted octanol–water partition coefficient (Wildman–Crippen LogP) is 4.80. The summed E-state index contributed by atoms with van der Waals surface area (Å²) in [4.78, 5) is 14.5. The second kappa shape index (κ2) is 8.71. The van der Waals surface area contributed by atoms with Crippen molar-refractivity contribution in [2.75, 3.05) is 7.05 Å². The van der Waals surface area contributed by atoms with Crippen LogP contribution in [0.1, 0.15) is 21.6 Å². The fourth-order valence-electron chi connectivity index (χ4n) is 2.62. The summed E-state index contributed by atoms with van der Waals surface area (Å²) in [5.41, 5.74) is 2.52. The summed E-state index contributed by atoms with van der Waals surface area (Å²) in [5, 5.41) is 4.19. The summed E-state index contributed by atoms with van der Waals surface area (Å²) < 4.78 is 9.45. The molecule has 0 aliphatic heterocycles. The Kier molecular flexibility index (Phi) is 6.34. The molecule has 0 spiro atoms. The molecule has 0 N–H and O–H groups in total. The molecule has 7 heteroatoms. The van der Waals surface area contributed by atoms with Gasteiger partial charge in [-0.15, -0.1) is 0 Å². The number of ether oxygens (including phenoxy) is 1. The minimum Gasteiger partial charge on any atom is -0.489 e. The predicted molar refractivity (Wildman–Crippen MR) is 112 cm³/mol. The highest BCUT2D eigenvalue weighted by atomic mass is 79.9. The van der Waals surface area contributed by atoms with Crippen LogP contribution < -0.4 is 4.74 Å². The first-order valence-corrected chi connectivity index (χ1v) is 9.92. The van der Waals surface area contributed by atoms with Crippen LogP contribution in [0.2, 0.25) is 0 Å². The van der Waals surface area contributed by atoms with E-state index in [2.05, 4.69) is 37.0 Å².